The third-order valence-electron chi connectivity index (χ3n) is 4.97. The molecule has 174 valence electrons. The zero-order valence-electron chi connectivity index (χ0n) is 19.3. The summed E-state index contributed by atoms with van der Waals surface area (Å²) >= 11 is 5.00. The summed E-state index contributed by atoms with van der Waals surface area (Å²) in [6.07, 6.45) is 0.553. The molecule has 32 heavy (non-hydrogen) atoms. The molecule has 0 heterocycles. The monoisotopic (exact) mass is 520 g/mol. The minimum Gasteiger partial charge on any atom is -0.497 e. The van der Waals surface area contributed by atoms with Gasteiger partial charge >= 0.3 is 0 Å². The first-order valence-electron chi connectivity index (χ1n) is 10.9. The van der Waals surface area contributed by atoms with E-state index in [1.54, 1.807) is 23.8 Å². The number of nitrogens with one attached hydrogen (secondary N) is 1. The van der Waals surface area contributed by atoms with Gasteiger partial charge in [-0.1, -0.05) is 61.0 Å². The summed E-state index contributed by atoms with van der Waals surface area (Å²) in [7, 11) is 1.62. The molecule has 0 bridgehead atoms. The molecule has 0 aliphatic carbocycles. The SMILES string of the molecule is CC[C@H](C(=O)NCC(C)C)N(Cc1cccc(OC)c1)C(=O)CSCc1ccc(Br)cc1. The molecule has 0 aromatic heterocycles. The fourth-order valence-corrected chi connectivity index (χ4v) is 4.36. The molecule has 7 heteroatoms. The van der Waals surface area contributed by atoms with E-state index < -0.39 is 6.04 Å². The van der Waals surface area contributed by atoms with Gasteiger partial charge in [-0.25, -0.2) is 0 Å². The van der Waals surface area contributed by atoms with Crippen molar-refractivity contribution < 1.29 is 14.3 Å². The Labute approximate surface area is 204 Å². The number of ether oxygens (including phenoxy) is 1. The summed E-state index contributed by atoms with van der Waals surface area (Å²) in [6, 6.07) is 15.2. The summed E-state index contributed by atoms with van der Waals surface area (Å²) in [6.45, 7) is 7.01. The van der Waals surface area contributed by atoms with Gasteiger partial charge < -0.3 is 15.0 Å². The lowest BCUT2D eigenvalue weighted by atomic mass is 10.1. The van der Waals surface area contributed by atoms with Gasteiger partial charge in [-0.3, -0.25) is 9.59 Å². The van der Waals surface area contributed by atoms with Crippen molar-refractivity contribution in [2.45, 2.75) is 45.5 Å². The van der Waals surface area contributed by atoms with Gasteiger partial charge in [0, 0.05) is 23.3 Å². The van der Waals surface area contributed by atoms with Crippen molar-refractivity contribution in [1.82, 2.24) is 10.2 Å². The Bertz CT molecular complexity index is 874. The van der Waals surface area contributed by atoms with Crippen LogP contribution >= 0.6 is 27.7 Å². The second kappa shape index (κ2) is 13.5. The lowest BCUT2D eigenvalue weighted by molar-refractivity contribution is -0.139. The van der Waals surface area contributed by atoms with Crippen molar-refractivity contribution in [3.8, 4) is 5.75 Å². The Balaban J connectivity index is 2.13. The fourth-order valence-electron chi connectivity index (χ4n) is 3.23. The van der Waals surface area contributed by atoms with Crippen LogP contribution in [0.15, 0.2) is 53.0 Å². The van der Waals surface area contributed by atoms with Crippen molar-refractivity contribution in [2.24, 2.45) is 5.92 Å². The highest BCUT2D eigenvalue weighted by atomic mass is 79.9. The molecule has 0 saturated heterocycles. The lowest BCUT2D eigenvalue weighted by Crippen LogP contribution is -2.50. The summed E-state index contributed by atoms with van der Waals surface area (Å²) < 4.78 is 6.36. The molecule has 1 N–H and O–H groups in total. The van der Waals surface area contributed by atoms with Crippen LogP contribution in [0.2, 0.25) is 0 Å². The maximum absolute atomic E-state index is 13.3. The van der Waals surface area contributed by atoms with Crippen molar-refractivity contribution in [3.05, 3.63) is 64.1 Å². The topological polar surface area (TPSA) is 58.6 Å². The van der Waals surface area contributed by atoms with Gasteiger partial charge in [-0.15, -0.1) is 11.8 Å². The van der Waals surface area contributed by atoms with E-state index in [-0.39, 0.29) is 11.8 Å². The maximum Gasteiger partial charge on any atom is 0.242 e. The summed E-state index contributed by atoms with van der Waals surface area (Å²) in [5, 5.41) is 3.00. The van der Waals surface area contributed by atoms with E-state index in [1.807, 2.05) is 55.5 Å². The van der Waals surface area contributed by atoms with Crippen LogP contribution in [0.4, 0.5) is 0 Å². The quantitative estimate of drug-likeness (QED) is 0.414. The first-order valence-corrected chi connectivity index (χ1v) is 12.8. The number of thioether (sulfide) groups is 1. The van der Waals surface area contributed by atoms with E-state index in [9.17, 15) is 9.59 Å². The highest BCUT2D eigenvalue weighted by molar-refractivity contribution is 9.10. The average molecular weight is 522 g/mol. The second-order valence-electron chi connectivity index (χ2n) is 8.06. The first-order chi connectivity index (χ1) is 15.3. The molecule has 0 radical (unpaired) electrons. The molecule has 1 atom stereocenters. The van der Waals surface area contributed by atoms with E-state index in [1.165, 1.54) is 0 Å². The normalized spacial score (nSPS) is 11.8. The van der Waals surface area contributed by atoms with Crippen molar-refractivity contribution in [3.63, 3.8) is 0 Å². The highest BCUT2D eigenvalue weighted by Crippen LogP contribution is 2.20. The van der Waals surface area contributed by atoms with Crippen LogP contribution in [-0.4, -0.2) is 42.2 Å². The standard InChI is InChI=1S/C25H33BrN2O3S/c1-5-23(25(30)27-14-18(2)3)28(15-20-7-6-8-22(13-20)31-4)24(29)17-32-16-19-9-11-21(26)12-10-19/h6-13,18,23H,5,14-17H2,1-4H3,(H,27,30)/t23-/m1/s1. The molecule has 0 fully saturated rings. The van der Waals surface area contributed by atoms with Gasteiger partial charge in [-0.05, 0) is 47.7 Å². The summed E-state index contributed by atoms with van der Waals surface area (Å²) in [5.41, 5.74) is 2.10. The third kappa shape index (κ3) is 8.51. The number of methoxy groups -OCH3 is 1. The Kier molecular flexibility index (Phi) is 11.1. The third-order valence-corrected chi connectivity index (χ3v) is 6.48. The van der Waals surface area contributed by atoms with E-state index in [0.717, 1.165) is 27.1 Å². The average Bonchev–Trinajstić information content (AvgIpc) is 2.78. The van der Waals surface area contributed by atoms with Crippen LogP contribution in [0.5, 0.6) is 5.75 Å². The Hall–Kier alpha value is -1.99. The molecule has 0 unspecified atom stereocenters. The van der Waals surface area contributed by atoms with Crippen LogP contribution in [0.1, 0.15) is 38.3 Å². The molecule has 2 aromatic rings. The Morgan fingerprint density at radius 3 is 2.47 bits per heavy atom. The van der Waals surface area contributed by atoms with Gasteiger partial charge in [0.05, 0.1) is 12.9 Å². The Morgan fingerprint density at radius 2 is 1.84 bits per heavy atom. The number of carbonyl (C=O) groups excluding carboxylic acids is 2. The molecule has 2 amide bonds. The van der Waals surface area contributed by atoms with Gasteiger partial charge in [0.1, 0.15) is 11.8 Å². The largest absolute Gasteiger partial charge is 0.497 e. The summed E-state index contributed by atoms with van der Waals surface area (Å²) in [4.78, 5) is 27.9. The molecule has 0 aliphatic rings. The van der Waals surface area contributed by atoms with Crippen molar-refractivity contribution in [2.75, 3.05) is 19.4 Å². The number of hydrogen-bond acceptors (Lipinski definition) is 4. The van der Waals surface area contributed by atoms with Gasteiger partial charge in [-0.2, -0.15) is 0 Å². The smallest absolute Gasteiger partial charge is 0.242 e. The lowest BCUT2D eigenvalue weighted by Gasteiger charge is -2.31. The summed E-state index contributed by atoms with van der Waals surface area (Å²) in [5.74, 6) is 1.99. The predicted octanol–water partition coefficient (Wildman–Crippen LogP) is 5.27. The minimum atomic E-state index is -0.513. The molecular formula is C25H33BrN2O3S. The van der Waals surface area contributed by atoms with Crippen LogP contribution in [0.3, 0.4) is 0 Å². The van der Waals surface area contributed by atoms with Gasteiger partial charge in [0.15, 0.2) is 0 Å². The van der Waals surface area contributed by atoms with Crippen molar-refractivity contribution >= 4 is 39.5 Å². The number of carbonyl (C=O) groups is 2. The molecule has 0 saturated carbocycles. The molecule has 5 nitrogen and oxygen atoms in total. The molecule has 2 rings (SSSR count). The first kappa shape index (κ1) is 26.3. The molecule has 0 aliphatic heterocycles. The number of amides is 2. The van der Waals surface area contributed by atoms with E-state index >= 15 is 0 Å². The van der Waals surface area contributed by atoms with Gasteiger partial charge in [0.25, 0.3) is 0 Å². The molecular weight excluding hydrogens is 488 g/mol. The fraction of sp³-hybridized carbons (Fsp3) is 0.440. The molecule has 2 aromatic carbocycles. The number of nitrogens with zero attached hydrogens (tertiary/aromatic N) is 1. The number of rotatable bonds is 12. The number of benzene rings is 2. The van der Waals surface area contributed by atoms with E-state index in [2.05, 4.69) is 35.1 Å². The Morgan fingerprint density at radius 1 is 1.12 bits per heavy atom. The second-order valence-corrected chi connectivity index (χ2v) is 9.96. The van der Waals surface area contributed by atoms with E-state index in [4.69, 9.17) is 4.74 Å². The number of hydrogen-bond donors (Lipinski definition) is 1. The van der Waals surface area contributed by atoms with Crippen LogP contribution < -0.4 is 10.1 Å². The zero-order valence-corrected chi connectivity index (χ0v) is 21.7. The van der Waals surface area contributed by atoms with E-state index in [0.29, 0.717) is 31.2 Å². The number of halogens is 1. The predicted molar refractivity (Wildman–Crippen MR) is 136 cm³/mol. The van der Waals surface area contributed by atoms with Crippen LogP contribution in [0, 0.1) is 5.92 Å². The maximum atomic E-state index is 13.3. The minimum absolute atomic E-state index is 0.0403. The van der Waals surface area contributed by atoms with Crippen LogP contribution in [-0.2, 0) is 21.9 Å². The van der Waals surface area contributed by atoms with Crippen LogP contribution in [0.25, 0.3) is 0 Å². The van der Waals surface area contributed by atoms with Crippen molar-refractivity contribution in [1.29, 1.82) is 0 Å². The molecule has 0 spiro atoms. The zero-order chi connectivity index (χ0) is 23.5. The highest BCUT2D eigenvalue weighted by Gasteiger charge is 2.28. The van der Waals surface area contributed by atoms with Gasteiger partial charge in [0.2, 0.25) is 11.8 Å².